The van der Waals surface area contributed by atoms with Gasteiger partial charge in [-0.3, -0.25) is 9.59 Å². The molecule has 2 aromatic rings. The topological polar surface area (TPSA) is 107 Å². The van der Waals surface area contributed by atoms with Gasteiger partial charge < -0.3 is 30.3 Å². The number of carbonyl (C=O) groups excluding carboxylic acids is 2. The number of benzene rings is 1. The summed E-state index contributed by atoms with van der Waals surface area (Å²) in [5, 5.41) is 16.8. The van der Waals surface area contributed by atoms with Crippen molar-refractivity contribution in [3.05, 3.63) is 47.7 Å². The third kappa shape index (κ3) is 4.81. The maximum Gasteiger partial charge on any atom is 0.270 e. The second-order valence-electron chi connectivity index (χ2n) is 12.0. The molecule has 7 rings (SSSR count). The van der Waals surface area contributed by atoms with Gasteiger partial charge in [0.25, 0.3) is 11.8 Å². The molecule has 0 radical (unpaired) electrons. The van der Waals surface area contributed by atoms with Crippen molar-refractivity contribution >= 4 is 23.3 Å². The summed E-state index contributed by atoms with van der Waals surface area (Å²) in [6.45, 7) is 4.47. The summed E-state index contributed by atoms with van der Waals surface area (Å²) in [4.78, 5) is 34.8. The summed E-state index contributed by atoms with van der Waals surface area (Å²) in [6, 6.07) is 11.7. The lowest BCUT2D eigenvalue weighted by molar-refractivity contribution is -0.136. The zero-order valence-electron chi connectivity index (χ0n) is 23.0. The van der Waals surface area contributed by atoms with E-state index in [1.54, 1.807) is 26.3 Å². The molecule has 0 spiro atoms. The van der Waals surface area contributed by atoms with Crippen LogP contribution >= 0.6 is 0 Å². The molecule has 1 aromatic heterocycles. The number of carbonyl (C=O) groups is 2. The number of pyridine rings is 1. The van der Waals surface area contributed by atoms with Crippen molar-refractivity contribution in [3.63, 3.8) is 0 Å². The van der Waals surface area contributed by atoms with Crippen molar-refractivity contribution in [2.75, 3.05) is 43.6 Å². The molecular weight excluding hydrogens is 494 g/mol. The van der Waals surface area contributed by atoms with Gasteiger partial charge in [0.2, 0.25) is 0 Å². The lowest BCUT2D eigenvalue weighted by Crippen LogP contribution is -2.61. The number of hydrogen-bond donors (Lipinski definition) is 3. The lowest BCUT2D eigenvalue weighted by Gasteiger charge is -2.58. The number of nitrogens with one attached hydrogen (secondary N) is 2. The Hall–Kier alpha value is -3.33. The minimum absolute atomic E-state index is 0.115. The van der Waals surface area contributed by atoms with E-state index in [1.165, 1.54) is 0 Å². The standard InChI is InChI=1S/C30H39N5O4/c1-18-17-34(22-7-8-23(28(36)31-2)25(13-22)39-3)9-10-35(18)26-6-4-5-24(32-26)29(37)33-27-20-11-19-12-21(27)16-30(38,14-19)15-20/h4-8,13,18-21,27,38H,9-12,14-17H2,1-3H3,(H,31,36)(H,33,37)/t18-,19?,20?,21?,27-,30-/m1/s1. The average Bonchev–Trinajstić information content (AvgIpc) is 2.93. The van der Waals surface area contributed by atoms with Crippen LogP contribution in [0, 0.1) is 17.8 Å². The number of ether oxygens (including phenoxy) is 1. The van der Waals surface area contributed by atoms with Gasteiger partial charge in [0.1, 0.15) is 17.3 Å². The molecule has 1 aromatic carbocycles. The van der Waals surface area contributed by atoms with E-state index in [-0.39, 0.29) is 23.9 Å². The largest absolute Gasteiger partial charge is 0.496 e. The summed E-state index contributed by atoms with van der Waals surface area (Å²) in [5.74, 6) is 2.41. The Morgan fingerprint density at radius 1 is 1.08 bits per heavy atom. The van der Waals surface area contributed by atoms with Crippen LogP contribution in [0.25, 0.3) is 0 Å². The van der Waals surface area contributed by atoms with Crippen LogP contribution in [0.1, 0.15) is 59.9 Å². The minimum atomic E-state index is -0.508. The zero-order chi connectivity index (χ0) is 27.3. The molecule has 5 fully saturated rings. The molecule has 3 atom stereocenters. The second-order valence-corrected chi connectivity index (χ2v) is 12.0. The van der Waals surface area contributed by atoms with E-state index in [0.29, 0.717) is 34.8 Å². The van der Waals surface area contributed by atoms with E-state index in [2.05, 4.69) is 27.4 Å². The molecule has 2 unspecified atom stereocenters. The zero-order valence-corrected chi connectivity index (χ0v) is 23.0. The van der Waals surface area contributed by atoms with Gasteiger partial charge in [-0.2, -0.15) is 0 Å². The first-order valence-corrected chi connectivity index (χ1v) is 14.2. The summed E-state index contributed by atoms with van der Waals surface area (Å²) < 4.78 is 5.49. The number of aliphatic hydroxyl groups is 1. The average molecular weight is 534 g/mol. The summed E-state index contributed by atoms with van der Waals surface area (Å²) in [7, 11) is 3.18. The summed E-state index contributed by atoms with van der Waals surface area (Å²) in [5.41, 5.74) is 1.46. The highest BCUT2D eigenvalue weighted by Crippen LogP contribution is 2.55. The molecule has 4 saturated carbocycles. The van der Waals surface area contributed by atoms with Gasteiger partial charge in [0.05, 0.1) is 18.3 Å². The van der Waals surface area contributed by atoms with Gasteiger partial charge in [-0.15, -0.1) is 0 Å². The van der Waals surface area contributed by atoms with Crippen LogP contribution in [-0.4, -0.2) is 73.4 Å². The van der Waals surface area contributed by atoms with Crippen LogP contribution in [0.2, 0.25) is 0 Å². The molecule has 9 heteroatoms. The third-order valence-corrected chi connectivity index (χ3v) is 9.45. The van der Waals surface area contributed by atoms with Gasteiger partial charge in [-0.1, -0.05) is 6.07 Å². The maximum atomic E-state index is 13.3. The van der Waals surface area contributed by atoms with Gasteiger partial charge in [0.15, 0.2) is 0 Å². The third-order valence-electron chi connectivity index (χ3n) is 9.45. The smallest absolute Gasteiger partial charge is 0.270 e. The Morgan fingerprint density at radius 3 is 2.51 bits per heavy atom. The van der Waals surface area contributed by atoms with Crippen molar-refractivity contribution in [3.8, 4) is 5.75 Å². The van der Waals surface area contributed by atoms with Gasteiger partial charge >= 0.3 is 0 Å². The number of methoxy groups -OCH3 is 1. The van der Waals surface area contributed by atoms with Crippen LogP contribution in [-0.2, 0) is 0 Å². The Labute approximate surface area is 229 Å². The Morgan fingerprint density at radius 2 is 1.85 bits per heavy atom. The molecule has 2 heterocycles. The van der Waals surface area contributed by atoms with E-state index in [0.717, 1.165) is 63.2 Å². The van der Waals surface area contributed by atoms with E-state index >= 15 is 0 Å². The van der Waals surface area contributed by atoms with Crippen LogP contribution in [0.5, 0.6) is 5.75 Å². The first kappa shape index (κ1) is 25.9. The molecule has 39 heavy (non-hydrogen) atoms. The van der Waals surface area contributed by atoms with Crippen LogP contribution in [0.4, 0.5) is 11.5 Å². The molecule has 5 aliphatic rings. The predicted octanol–water partition coefficient (Wildman–Crippen LogP) is 2.83. The minimum Gasteiger partial charge on any atom is -0.496 e. The highest BCUT2D eigenvalue weighted by Gasteiger charge is 2.55. The van der Waals surface area contributed by atoms with E-state index in [9.17, 15) is 14.7 Å². The normalized spacial score (nSPS) is 31.2. The Bertz CT molecular complexity index is 1250. The van der Waals surface area contributed by atoms with Gasteiger partial charge in [-0.05, 0) is 81.0 Å². The first-order valence-electron chi connectivity index (χ1n) is 14.2. The van der Waals surface area contributed by atoms with E-state index < -0.39 is 5.60 Å². The second kappa shape index (κ2) is 10.0. The van der Waals surface area contributed by atoms with Crippen LogP contribution in [0.15, 0.2) is 36.4 Å². The van der Waals surface area contributed by atoms with Crippen molar-refractivity contribution in [2.45, 2.75) is 56.7 Å². The summed E-state index contributed by atoms with van der Waals surface area (Å²) in [6.07, 6.45) is 4.77. The highest BCUT2D eigenvalue weighted by molar-refractivity contribution is 5.97. The number of piperazine rings is 1. The number of rotatable bonds is 6. The Balaban J connectivity index is 1.12. The van der Waals surface area contributed by atoms with Crippen LogP contribution < -0.4 is 25.2 Å². The SMILES string of the molecule is CNC(=O)c1ccc(N2CCN(c3cccc(C(=O)N[C@H]4C5CC6CC4C[C@](O)(C6)C5)n3)[C@H](C)C2)cc1OC. The summed E-state index contributed by atoms with van der Waals surface area (Å²) >= 11 is 0. The molecule has 208 valence electrons. The maximum absolute atomic E-state index is 13.3. The number of hydrogen-bond acceptors (Lipinski definition) is 7. The molecular formula is C30H39N5O4. The fourth-order valence-corrected chi connectivity index (χ4v) is 7.88. The van der Waals surface area contributed by atoms with Crippen molar-refractivity contribution in [1.82, 2.24) is 15.6 Å². The van der Waals surface area contributed by atoms with E-state index in [1.807, 2.05) is 24.3 Å². The molecule has 9 nitrogen and oxygen atoms in total. The predicted molar refractivity (Wildman–Crippen MR) is 149 cm³/mol. The monoisotopic (exact) mass is 533 g/mol. The molecule has 4 bridgehead atoms. The van der Waals surface area contributed by atoms with Gasteiger partial charge in [-0.25, -0.2) is 4.98 Å². The van der Waals surface area contributed by atoms with Crippen molar-refractivity contribution in [2.24, 2.45) is 17.8 Å². The first-order chi connectivity index (χ1) is 18.8. The number of amides is 2. The molecule has 2 amide bonds. The number of anilines is 2. The number of aromatic nitrogens is 1. The molecule has 1 aliphatic heterocycles. The number of nitrogens with zero attached hydrogens (tertiary/aromatic N) is 3. The molecule has 1 saturated heterocycles. The fraction of sp³-hybridized carbons (Fsp3) is 0.567. The molecule has 3 N–H and O–H groups in total. The van der Waals surface area contributed by atoms with Crippen molar-refractivity contribution < 1.29 is 19.4 Å². The Kier molecular flexibility index (Phi) is 6.65. The molecule has 4 aliphatic carbocycles. The van der Waals surface area contributed by atoms with Gasteiger partial charge in [0, 0.05) is 50.5 Å². The lowest BCUT2D eigenvalue weighted by atomic mass is 9.52. The highest BCUT2D eigenvalue weighted by atomic mass is 16.5. The quantitative estimate of drug-likeness (QED) is 0.524. The van der Waals surface area contributed by atoms with Crippen molar-refractivity contribution in [1.29, 1.82) is 0 Å². The van der Waals surface area contributed by atoms with E-state index in [4.69, 9.17) is 9.72 Å². The van der Waals surface area contributed by atoms with Crippen LogP contribution in [0.3, 0.4) is 0 Å². The fourth-order valence-electron chi connectivity index (χ4n) is 7.88.